The summed E-state index contributed by atoms with van der Waals surface area (Å²) in [7, 11) is 4.09. The molecule has 0 saturated heterocycles. The van der Waals surface area contributed by atoms with Gasteiger partial charge in [0.2, 0.25) is 0 Å². The molecule has 2 aliphatic carbocycles. The predicted molar refractivity (Wildman–Crippen MR) is 75.7 cm³/mol. The Kier molecular flexibility index (Phi) is 10.4. The number of hydrogen-bond donors (Lipinski definition) is 1. The maximum absolute atomic E-state index is 9.51. The van der Waals surface area contributed by atoms with E-state index < -0.39 is 0 Å². The molecular weight excluding hydrogens is 278 g/mol. The van der Waals surface area contributed by atoms with Gasteiger partial charge >= 0.3 is 17.1 Å². The van der Waals surface area contributed by atoms with Gasteiger partial charge in [0.25, 0.3) is 0 Å². The van der Waals surface area contributed by atoms with E-state index >= 15 is 0 Å². The minimum Gasteiger partial charge on any atom is -0.393 e. The van der Waals surface area contributed by atoms with E-state index in [0.717, 1.165) is 5.92 Å². The number of aliphatic hydroxyl groups is 1. The number of rotatable bonds is 3. The molecule has 1 N–H and O–H groups in total. The molecule has 0 aromatic rings. The molecule has 0 unspecified atom stereocenters. The minimum atomic E-state index is -0.368. The Bertz CT molecular complexity index is 209. The second-order valence-electron chi connectivity index (χ2n) is 4.71. The number of aliphatic hydroxyl groups excluding tert-OH is 1. The zero-order valence-corrected chi connectivity index (χ0v) is 13.1. The maximum Gasteiger partial charge on any atom is 2.00 e. The molecule has 0 bridgehead atoms. The molecule has 2 fully saturated rings. The van der Waals surface area contributed by atoms with E-state index in [1.54, 1.807) is 6.92 Å². The third-order valence-electron chi connectivity index (χ3n) is 3.12. The van der Waals surface area contributed by atoms with Gasteiger partial charge in [0, 0.05) is 17.9 Å². The SMILES string of the molecule is C[C@@H](O)[C]1[CH][CH][CH][C]1[C@H](C)N(C)C.[CH]1[CH][CH][CH][CH]1.[Fe+2]. The number of hydrogen-bond acceptors (Lipinski definition) is 2. The van der Waals surface area contributed by atoms with E-state index in [9.17, 15) is 5.11 Å². The van der Waals surface area contributed by atoms with Gasteiger partial charge in [-0.15, -0.1) is 0 Å². The van der Waals surface area contributed by atoms with Crippen molar-refractivity contribution >= 4 is 0 Å². The normalized spacial score (nSPS) is 23.7. The second-order valence-corrected chi connectivity index (χ2v) is 4.71. The van der Waals surface area contributed by atoms with Gasteiger partial charge in [-0.25, -0.2) is 0 Å². The molecule has 3 heteroatoms. The summed E-state index contributed by atoms with van der Waals surface area (Å²) in [4.78, 5) is 2.14. The van der Waals surface area contributed by atoms with Crippen LogP contribution in [0, 0.1) is 63.2 Å². The van der Waals surface area contributed by atoms with Crippen molar-refractivity contribution in [2.45, 2.75) is 26.0 Å². The molecule has 2 saturated carbocycles. The maximum atomic E-state index is 9.51. The largest absolute Gasteiger partial charge is 2.00 e. The topological polar surface area (TPSA) is 23.5 Å². The fourth-order valence-corrected chi connectivity index (χ4v) is 1.81. The van der Waals surface area contributed by atoms with Crippen LogP contribution in [0.5, 0.6) is 0 Å². The van der Waals surface area contributed by atoms with Crippen LogP contribution in [0.4, 0.5) is 0 Å². The molecule has 19 heavy (non-hydrogen) atoms. The molecule has 2 rings (SSSR count). The first-order chi connectivity index (χ1) is 8.54. The van der Waals surface area contributed by atoms with Gasteiger partial charge in [-0.1, -0.05) is 0 Å². The van der Waals surface area contributed by atoms with Crippen LogP contribution in [-0.4, -0.2) is 36.2 Å². The molecule has 104 valence electrons. The summed E-state index contributed by atoms with van der Waals surface area (Å²) in [5.41, 5.74) is 0. The van der Waals surface area contributed by atoms with Crippen molar-refractivity contribution in [3.63, 3.8) is 0 Å². The first-order valence-corrected chi connectivity index (χ1v) is 6.30. The summed E-state index contributed by atoms with van der Waals surface area (Å²) in [6, 6.07) is 0.361. The van der Waals surface area contributed by atoms with E-state index in [1.807, 2.05) is 59.0 Å². The van der Waals surface area contributed by atoms with Crippen LogP contribution in [0.1, 0.15) is 13.8 Å². The average Bonchev–Trinajstić information content (AvgIpc) is 3.01. The van der Waals surface area contributed by atoms with Gasteiger partial charge in [0.1, 0.15) is 0 Å². The summed E-state index contributed by atoms with van der Waals surface area (Å²) in [5.74, 6) is 2.27. The molecule has 0 aliphatic heterocycles. The van der Waals surface area contributed by atoms with Gasteiger partial charge in [-0.2, -0.15) is 0 Å². The van der Waals surface area contributed by atoms with Crippen molar-refractivity contribution in [1.29, 1.82) is 0 Å². The molecule has 0 amide bonds. The van der Waals surface area contributed by atoms with Gasteiger partial charge < -0.3 is 10.0 Å². The Morgan fingerprint density at radius 2 is 1.26 bits per heavy atom. The Morgan fingerprint density at radius 3 is 1.63 bits per heavy atom. The van der Waals surface area contributed by atoms with Crippen LogP contribution >= 0.6 is 0 Å². The fraction of sp³-hybridized carbons (Fsp3) is 0.375. The Balaban J connectivity index is 0.000000454. The standard InChI is InChI=1S/C11H18NO.C5H5.Fe/c1-8(12(3)4)10-6-5-7-11(10)9(2)13;1-2-4-5-3-1;/h5-9,13H,1-4H3;1-5H;/q;;+2/t8-,9+;;/m0../s1. The van der Waals surface area contributed by atoms with E-state index in [-0.39, 0.29) is 23.2 Å². The van der Waals surface area contributed by atoms with Crippen LogP contribution in [0.15, 0.2) is 0 Å². The predicted octanol–water partition coefficient (Wildman–Crippen LogP) is 2.11. The zero-order chi connectivity index (χ0) is 13.5. The molecule has 0 spiro atoms. The monoisotopic (exact) mass is 301 g/mol. The van der Waals surface area contributed by atoms with E-state index in [4.69, 9.17) is 0 Å². The van der Waals surface area contributed by atoms with Crippen molar-refractivity contribution in [1.82, 2.24) is 4.90 Å². The van der Waals surface area contributed by atoms with Crippen LogP contribution in [0.25, 0.3) is 0 Å². The quantitative estimate of drug-likeness (QED) is 0.807. The van der Waals surface area contributed by atoms with Crippen LogP contribution in [0.3, 0.4) is 0 Å². The van der Waals surface area contributed by atoms with E-state index in [1.165, 1.54) is 5.92 Å². The van der Waals surface area contributed by atoms with E-state index in [2.05, 4.69) is 18.2 Å². The van der Waals surface area contributed by atoms with Crippen molar-refractivity contribution in [2.75, 3.05) is 14.1 Å². The van der Waals surface area contributed by atoms with Crippen molar-refractivity contribution in [3.05, 3.63) is 63.2 Å². The third kappa shape index (κ3) is 6.62. The summed E-state index contributed by atoms with van der Waals surface area (Å²) in [5, 5.41) is 9.51. The molecule has 0 aromatic heterocycles. The molecular formula is C16H23FeNO+2. The van der Waals surface area contributed by atoms with Gasteiger partial charge in [-0.3, -0.25) is 0 Å². The van der Waals surface area contributed by atoms with Crippen LogP contribution < -0.4 is 0 Å². The molecule has 2 nitrogen and oxygen atoms in total. The van der Waals surface area contributed by atoms with Crippen molar-refractivity contribution in [3.8, 4) is 0 Å². The number of nitrogens with zero attached hydrogens (tertiary/aromatic N) is 1. The van der Waals surface area contributed by atoms with Crippen LogP contribution in [0.2, 0.25) is 0 Å². The minimum absolute atomic E-state index is 0. The molecule has 0 aromatic carbocycles. The van der Waals surface area contributed by atoms with E-state index in [0.29, 0.717) is 6.04 Å². The van der Waals surface area contributed by atoms with Crippen molar-refractivity contribution < 1.29 is 22.2 Å². The fourth-order valence-electron chi connectivity index (χ4n) is 1.81. The summed E-state index contributed by atoms with van der Waals surface area (Å²) >= 11 is 0. The Hall–Kier alpha value is 0.439. The van der Waals surface area contributed by atoms with Gasteiger partial charge in [0.15, 0.2) is 0 Å². The molecule has 10 radical (unpaired) electrons. The second kappa shape index (κ2) is 10.2. The molecule has 0 heterocycles. The van der Waals surface area contributed by atoms with Gasteiger partial charge in [0.05, 0.1) is 6.10 Å². The zero-order valence-electron chi connectivity index (χ0n) is 12.0. The smallest absolute Gasteiger partial charge is 0.393 e. The summed E-state index contributed by atoms with van der Waals surface area (Å²) < 4.78 is 0. The molecule has 2 atom stereocenters. The van der Waals surface area contributed by atoms with Gasteiger partial charge in [-0.05, 0) is 79.3 Å². The average molecular weight is 301 g/mol. The third-order valence-corrected chi connectivity index (χ3v) is 3.12. The first kappa shape index (κ1) is 19.4. The summed E-state index contributed by atoms with van der Waals surface area (Å²) in [6.07, 6.45) is 15.7. The first-order valence-electron chi connectivity index (χ1n) is 6.30. The van der Waals surface area contributed by atoms with Crippen LogP contribution in [-0.2, 0) is 17.1 Å². The molecule has 2 aliphatic rings. The Morgan fingerprint density at radius 1 is 0.842 bits per heavy atom. The van der Waals surface area contributed by atoms with Crippen molar-refractivity contribution in [2.24, 2.45) is 0 Å². The Labute approximate surface area is 130 Å². The summed E-state index contributed by atoms with van der Waals surface area (Å²) in [6.45, 7) is 3.95.